The smallest absolute Gasteiger partial charge is 0.265 e. The first-order valence-corrected chi connectivity index (χ1v) is 4.40. The summed E-state index contributed by atoms with van der Waals surface area (Å²) in [7, 11) is 0. The number of aldehydes is 1. The standard InChI is InChI=1S/C9H5ClF2N2O/c10-2-7-6(9(11)12)1-5(3-13)8(4-15)14-7/h1,4,9H,2H2. The Labute approximate surface area is 89.3 Å². The number of rotatable bonds is 3. The summed E-state index contributed by atoms with van der Waals surface area (Å²) in [6, 6.07) is 2.57. The van der Waals surface area contributed by atoms with Crippen molar-refractivity contribution in [2.24, 2.45) is 0 Å². The first-order valence-electron chi connectivity index (χ1n) is 3.87. The molecule has 78 valence electrons. The van der Waals surface area contributed by atoms with E-state index in [4.69, 9.17) is 16.9 Å². The summed E-state index contributed by atoms with van der Waals surface area (Å²) < 4.78 is 24.9. The molecule has 0 saturated carbocycles. The topological polar surface area (TPSA) is 53.8 Å². The second-order valence-electron chi connectivity index (χ2n) is 2.62. The van der Waals surface area contributed by atoms with Crippen molar-refractivity contribution in [3.8, 4) is 6.07 Å². The Hall–Kier alpha value is -1.54. The molecule has 6 heteroatoms. The van der Waals surface area contributed by atoms with Gasteiger partial charge in [-0.3, -0.25) is 4.79 Å². The van der Waals surface area contributed by atoms with Gasteiger partial charge in [-0.1, -0.05) is 0 Å². The van der Waals surface area contributed by atoms with Gasteiger partial charge in [0.2, 0.25) is 0 Å². The average Bonchev–Trinajstić information content (AvgIpc) is 2.26. The van der Waals surface area contributed by atoms with Gasteiger partial charge >= 0.3 is 0 Å². The maximum atomic E-state index is 12.5. The molecule has 0 atom stereocenters. The van der Waals surface area contributed by atoms with E-state index in [1.807, 2.05) is 0 Å². The van der Waals surface area contributed by atoms with Crippen LogP contribution in [0, 0.1) is 11.3 Å². The molecular formula is C9H5ClF2N2O. The molecule has 0 bridgehead atoms. The lowest BCUT2D eigenvalue weighted by atomic mass is 10.1. The van der Waals surface area contributed by atoms with Crippen molar-refractivity contribution in [2.75, 3.05) is 0 Å². The predicted molar refractivity (Wildman–Crippen MR) is 48.9 cm³/mol. The van der Waals surface area contributed by atoms with E-state index in [-0.39, 0.29) is 22.8 Å². The number of halogens is 3. The lowest BCUT2D eigenvalue weighted by molar-refractivity contribution is 0.111. The normalized spacial score (nSPS) is 10.1. The highest BCUT2D eigenvalue weighted by atomic mass is 35.5. The highest BCUT2D eigenvalue weighted by Crippen LogP contribution is 2.24. The SMILES string of the molecule is N#Cc1cc(C(F)F)c(CCl)nc1C=O. The number of alkyl halides is 3. The zero-order valence-electron chi connectivity index (χ0n) is 7.38. The first-order chi connectivity index (χ1) is 7.13. The van der Waals surface area contributed by atoms with Crippen LogP contribution in [0.3, 0.4) is 0 Å². The van der Waals surface area contributed by atoms with Crippen LogP contribution in [0.25, 0.3) is 0 Å². The van der Waals surface area contributed by atoms with E-state index < -0.39 is 12.0 Å². The third-order valence-corrected chi connectivity index (χ3v) is 2.01. The zero-order valence-corrected chi connectivity index (χ0v) is 8.13. The van der Waals surface area contributed by atoms with Gasteiger partial charge in [0.05, 0.1) is 17.1 Å². The minimum Gasteiger partial charge on any atom is -0.296 e. The van der Waals surface area contributed by atoms with Crippen molar-refractivity contribution in [1.82, 2.24) is 4.98 Å². The van der Waals surface area contributed by atoms with Crippen molar-refractivity contribution in [1.29, 1.82) is 5.26 Å². The molecule has 1 heterocycles. The molecule has 0 spiro atoms. The second-order valence-corrected chi connectivity index (χ2v) is 2.89. The largest absolute Gasteiger partial charge is 0.296 e. The van der Waals surface area contributed by atoms with E-state index in [2.05, 4.69) is 4.98 Å². The van der Waals surface area contributed by atoms with Crippen molar-refractivity contribution < 1.29 is 13.6 Å². The van der Waals surface area contributed by atoms with Gasteiger partial charge in [-0.2, -0.15) is 5.26 Å². The summed E-state index contributed by atoms with van der Waals surface area (Å²) in [4.78, 5) is 14.1. The Morgan fingerprint density at radius 3 is 2.73 bits per heavy atom. The van der Waals surface area contributed by atoms with Crippen LogP contribution in [0.5, 0.6) is 0 Å². The van der Waals surface area contributed by atoms with Gasteiger partial charge in [0.1, 0.15) is 11.8 Å². The van der Waals surface area contributed by atoms with Crippen LogP contribution in [0.2, 0.25) is 0 Å². The zero-order chi connectivity index (χ0) is 11.4. The number of carbonyl (C=O) groups excluding carboxylic acids is 1. The number of pyridine rings is 1. The Balaban J connectivity index is 3.42. The molecule has 0 fully saturated rings. The molecular weight excluding hydrogens is 226 g/mol. The van der Waals surface area contributed by atoms with Gasteiger partial charge in [-0.15, -0.1) is 11.6 Å². The lowest BCUT2D eigenvalue weighted by Gasteiger charge is -2.06. The molecule has 0 unspecified atom stereocenters. The molecule has 0 aliphatic carbocycles. The van der Waals surface area contributed by atoms with Gasteiger partial charge in [-0.05, 0) is 6.07 Å². The third-order valence-electron chi connectivity index (χ3n) is 1.76. The minimum atomic E-state index is -2.76. The first kappa shape index (κ1) is 11.5. The Kier molecular flexibility index (Phi) is 3.69. The van der Waals surface area contributed by atoms with Crippen LogP contribution in [0.1, 0.15) is 33.7 Å². The van der Waals surface area contributed by atoms with E-state index in [0.29, 0.717) is 6.29 Å². The summed E-state index contributed by atoms with van der Waals surface area (Å²) in [5.74, 6) is -0.230. The quantitative estimate of drug-likeness (QED) is 0.592. The van der Waals surface area contributed by atoms with Crippen molar-refractivity contribution in [2.45, 2.75) is 12.3 Å². The number of carbonyl (C=O) groups is 1. The van der Waals surface area contributed by atoms with Gasteiger partial charge in [0.25, 0.3) is 6.43 Å². The molecule has 0 aliphatic heterocycles. The maximum absolute atomic E-state index is 12.5. The number of aromatic nitrogens is 1. The van der Waals surface area contributed by atoms with Crippen LogP contribution in [-0.4, -0.2) is 11.3 Å². The fourth-order valence-corrected chi connectivity index (χ4v) is 1.27. The Morgan fingerprint density at radius 2 is 2.33 bits per heavy atom. The predicted octanol–water partition coefficient (Wildman–Crippen LogP) is 2.44. The van der Waals surface area contributed by atoms with Crippen molar-refractivity contribution in [3.63, 3.8) is 0 Å². The molecule has 0 radical (unpaired) electrons. The van der Waals surface area contributed by atoms with E-state index in [9.17, 15) is 13.6 Å². The molecule has 1 rings (SSSR count). The van der Waals surface area contributed by atoms with Crippen molar-refractivity contribution >= 4 is 17.9 Å². The molecule has 0 aromatic carbocycles. The van der Waals surface area contributed by atoms with Crippen LogP contribution in [0.4, 0.5) is 8.78 Å². The van der Waals surface area contributed by atoms with Crippen LogP contribution >= 0.6 is 11.6 Å². The highest BCUT2D eigenvalue weighted by Gasteiger charge is 2.17. The summed E-state index contributed by atoms with van der Waals surface area (Å²) in [5.41, 5.74) is -0.827. The van der Waals surface area contributed by atoms with E-state index >= 15 is 0 Å². The number of nitriles is 1. The monoisotopic (exact) mass is 230 g/mol. The summed E-state index contributed by atoms with van der Waals surface area (Å²) in [6.45, 7) is 0. The maximum Gasteiger partial charge on any atom is 0.265 e. The molecule has 0 aliphatic rings. The van der Waals surface area contributed by atoms with E-state index in [1.54, 1.807) is 6.07 Å². The Morgan fingerprint density at radius 1 is 1.67 bits per heavy atom. The number of nitrogens with zero attached hydrogens (tertiary/aromatic N) is 2. The second kappa shape index (κ2) is 4.80. The van der Waals surface area contributed by atoms with Crippen LogP contribution < -0.4 is 0 Å². The summed E-state index contributed by atoms with van der Waals surface area (Å²) in [5, 5.41) is 8.59. The van der Waals surface area contributed by atoms with Crippen molar-refractivity contribution in [3.05, 3.63) is 28.6 Å². The van der Waals surface area contributed by atoms with Gasteiger partial charge in [0, 0.05) is 5.56 Å². The number of hydrogen-bond donors (Lipinski definition) is 0. The summed E-state index contributed by atoms with van der Waals surface area (Å²) in [6.07, 6.45) is -2.43. The molecule has 15 heavy (non-hydrogen) atoms. The summed E-state index contributed by atoms with van der Waals surface area (Å²) >= 11 is 5.41. The molecule has 0 amide bonds. The fraction of sp³-hybridized carbons (Fsp3) is 0.222. The average molecular weight is 231 g/mol. The minimum absolute atomic E-state index is 0.0761. The molecule has 1 aromatic heterocycles. The van der Waals surface area contributed by atoms with Gasteiger partial charge in [0.15, 0.2) is 6.29 Å². The highest BCUT2D eigenvalue weighted by molar-refractivity contribution is 6.17. The lowest BCUT2D eigenvalue weighted by Crippen LogP contribution is -2.03. The molecule has 1 aromatic rings. The third kappa shape index (κ3) is 2.28. The van der Waals surface area contributed by atoms with Gasteiger partial charge in [-0.25, -0.2) is 13.8 Å². The fourth-order valence-electron chi connectivity index (χ4n) is 1.06. The van der Waals surface area contributed by atoms with Crippen LogP contribution in [-0.2, 0) is 5.88 Å². The molecule has 3 nitrogen and oxygen atoms in total. The molecule has 0 N–H and O–H groups in total. The Bertz CT molecular complexity index is 429. The van der Waals surface area contributed by atoms with Gasteiger partial charge < -0.3 is 0 Å². The number of hydrogen-bond acceptors (Lipinski definition) is 3. The van der Waals surface area contributed by atoms with Crippen LogP contribution in [0.15, 0.2) is 6.07 Å². The van der Waals surface area contributed by atoms with E-state index in [0.717, 1.165) is 6.07 Å². The van der Waals surface area contributed by atoms with E-state index in [1.165, 1.54) is 0 Å². The molecule has 0 saturated heterocycles.